The van der Waals surface area contributed by atoms with Gasteiger partial charge in [-0.1, -0.05) is 6.07 Å². The molecule has 0 radical (unpaired) electrons. The van der Waals surface area contributed by atoms with Crippen LogP contribution in [0.5, 0.6) is 5.75 Å². The van der Waals surface area contributed by atoms with E-state index < -0.39 is 0 Å². The summed E-state index contributed by atoms with van der Waals surface area (Å²) in [5.74, 6) is 0.682. The van der Waals surface area contributed by atoms with E-state index in [0.717, 1.165) is 33.3 Å². The molecule has 1 aliphatic heterocycles. The third-order valence-electron chi connectivity index (χ3n) is 3.64. The van der Waals surface area contributed by atoms with E-state index in [-0.39, 0.29) is 5.91 Å². The van der Waals surface area contributed by atoms with Gasteiger partial charge in [-0.15, -0.1) is 0 Å². The molecule has 7 heteroatoms. The molecule has 1 amide bonds. The smallest absolute Gasteiger partial charge is 0.221 e. The van der Waals surface area contributed by atoms with Gasteiger partial charge in [-0.25, -0.2) is 4.37 Å². The highest BCUT2D eigenvalue weighted by molar-refractivity contribution is 7.09. The van der Waals surface area contributed by atoms with Crippen LogP contribution in [0.3, 0.4) is 0 Å². The molecule has 6 nitrogen and oxygen atoms in total. The quantitative estimate of drug-likeness (QED) is 0.786. The molecule has 2 aromatic heterocycles. The van der Waals surface area contributed by atoms with Crippen molar-refractivity contribution in [1.82, 2.24) is 14.2 Å². The molecule has 0 fully saturated rings. The molecule has 0 unspecified atom stereocenters. The minimum atomic E-state index is -0.0966. The predicted molar refractivity (Wildman–Crippen MR) is 87.5 cm³/mol. The fourth-order valence-corrected chi connectivity index (χ4v) is 3.14. The van der Waals surface area contributed by atoms with E-state index in [1.54, 1.807) is 6.20 Å². The summed E-state index contributed by atoms with van der Waals surface area (Å²) < 4.78 is 12.0. The molecule has 1 aliphatic rings. The average Bonchev–Trinajstić information content (AvgIpc) is 3.14. The first-order chi connectivity index (χ1) is 11.2. The summed E-state index contributed by atoms with van der Waals surface area (Å²) in [4.78, 5) is 12.2. The number of anilines is 1. The van der Waals surface area contributed by atoms with Crippen molar-refractivity contribution in [1.29, 1.82) is 0 Å². The van der Waals surface area contributed by atoms with Crippen LogP contribution in [-0.4, -0.2) is 20.1 Å². The lowest BCUT2D eigenvalue weighted by Gasteiger charge is -2.09. The van der Waals surface area contributed by atoms with Crippen LogP contribution in [0.15, 0.2) is 36.5 Å². The predicted octanol–water partition coefficient (Wildman–Crippen LogP) is 2.91. The van der Waals surface area contributed by atoms with Crippen molar-refractivity contribution in [2.75, 3.05) is 5.32 Å². The molecule has 4 rings (SSSR count). The molecule has 0 saturated heterocycles. The van der Waals surface area contributed by atoms with Crippen molar-refractivity contribution in [2.24, 2.45) is 0 Å². The van der Waals surface area contributed by atoms with Gasteiger partial charge in [0.05, 0.1) is 17.1 Å². The number of nitrogens with zero attached hydrogens (tertiary/aromatic N) is 3. The number of rotatable bonds is 2. The molecule has 1 aromatic carbocycles. The third kappa shape index (κ3) is 2.70. The lowest BCUT2D eigenvalue weighted by Crippen LogP contribution is -2.06. The van der Waals surface area contributed by atoms with Crippen LogP contribution < -0.4 is 10.1 Å². The van der Waals surface area contributed by atoms with Crippen LogP contribution in [-0.2, 0) is 17.9 Å². The van der Waals surface area contributed by atoms with Crippen molar-refractivity contribution < 1.29 is 9.53 Å². The molecule has 0 atom stereocenters. The number of hydrogen-bond donors (Lipinski definition) is 1. The van der Waals surface area contributed by atoms with Crippen LogP contribution in [0.2, 0.25) is 0 Å². The van der Waals surface area contributed by atoms with Gasteiger partial charge in [-0.2, -0.15) is 5.10 Å². The molecular weight excluding hydrogens is 312 g/mol. The maximum Gasteiger partial charge on any atom is 0.221 e. The number of nitrogens with one attached hydrogen (secondary N) is 1. The Morgan fingerprint density at radius 1 is 1.35 bits per heavy atom. The largest absolute Gasteiger partial charge is 0.487 e. The van der Waals surface area contributed by atoms with E-state index in [0.29, 0.717) is 13.2 Å². The van der Waals surface area contributed by atoms with Gasteiger partial charge >= 0.3 is 0 Å². The maximum absolute atomic E-state index is 11.2. The van der Waals surface area contributed by atoms with Gasteiger partial charge in [-0.05, 0) is 29.7 Å². The summed E-state index contributed by atoms with van der Waals surface area (Å²) in [7, 11) is 0. The van der Waals surface area contributed by atoms with Crippen molar-refractivity contribution in [3.63, 3.8) is 0 Å². The van der Waals surface area contributed by atoms with Gasteiger partial charge in [0.15, 0.2) is 0 Å². The number of aromatic nitrogens is 3. The van der Waals surface area contributed by atoms with Gasteiger partial charge in [0.25, 0.3) is 0 Å². The molecule has 3 aromatic rings. The van der Waals surface area contributed by atoms with Gasteiger partial charge < -0.3 is 10.1 Å². The summed E-state index contributed by atoms with van der Waals surface area (Å²) >= 11 is 1.43. The number of fused-ring (bicyclic) bond motifs is 2. The molecule has 0 bridgehead atoms. The van der Waals surface area contributed by atoms with Gasteiger partial charge in [0, 0.05) is 30.4 Å². The van der Waals surface area contributed by atoms with Crippen molar-refractivity contribution in [3.05, 3.63) is 47.8 Å². The number of amides is 1. The Morgan fingerprint density at radius 2 is 2.26 bits per heavy atom. The lowest BCUT2D eigenvalue weighted by atomic mass is 10.2. The minimum Gasteiger partial charge on any atom is -0.487 e. The number of carbonyl (C=O) groups is 1. The van der Waals surface area contributed by atoms with Gasteiger partial charge in [0.1, 0.15) is 18.1 Å². The Kier molecular flexibility index (Phi) is 3.34. The number of ether oxygens (including phenoxy) is 1. The summed E-state index contributed by atoms with van der Waals surface area (Å²) in [6, 6.07) is 9.69. The molecule has 0 saturated carbocycles. The maximum atomic E-state index is 11.2. The Morgan fingerprint density at radius 3 is 3.04 bits per heavy atom. The number of carbonyl (C=O) groups excluding carboxylic acids is 1. The van der Waals surface area contributed by atoms with E-state index in [1.165, 1.54) is 18.5 Å². The first-order valence-corrected chi connectivity index (χ1v) is 7.97. The first kappa shape index (κ1) is 14.0. The number of hydrogen-bond acceptors (Lipinski definition) is 5. The van der Waals surface area contributed by atoms with E-state index in [4.69, 9.17) is 4.74 Å². The molecule has 0 aliphatic carbocycles. The molecule has 3 heterocycles. The van der Waals surface area contributed by atoms with E-state index in [1.807, 2.05) is 35.0 Å². The molecule has 1 N–H and O–H groups in total. The first-order valence-electron chi connectivity index (χ1n) is 7.20. The van der Waals surface area contributed by atoms with Gasteiger partial charge in [0.2, 0.25) is 5.91 Å². The third-order valence-corrected chi connectivity index (χ3v) is 4.41. The summed E-state index contributed by atoms with van der Waals surface area (Å²) in [6.45, 7) is 2.58. The van der Waals surface area contributed by atoms with Crippen molar-refractivity contribution >= 4 is 23.1 Å². The van der Waals surface area contributed by atoms with Crippen LogP contribution in [0.1, 0.15) is 18.2 Å². The topological polar surface area (TPSA) is 69.0 Å². The monoisotopic (exact) mass is 326 g/mol. The average molecular weight is 326 g/mol. The Balaban J connectivity index is 1.65. The van der Waals surface area contributed by atoms with Crippen molar-refractivity contribution in [2.45, 2.75) is 20.1 Å². The fourth-order valence-electron chi connectivity index (χ4n) is 2.59. The lowest BCUT2D eigenvalue weighted by molar-refractivity contribution is -0.114. The molecule has 23 heavy (non-hydrogen) atoms. The molecular formula is C16H14N4O2S. The minimum absolute atomic E-state index is 0.0966. The van der Waals surface area contributed by atoms with E-state index in [2.05, 4.69) is 14.8 Å². The second kappa shape index (κ2) is 5.51. The zero-order valence-electron chi connectivity index (χ0n) is 12.4. The summed E-state index contributed by atoms with van der Waals surface area (Å²) in [5, 5.41) is 7.43. The second-order valence-corrected chi connectivity index (χ2v) is 6.18. The standard InChI is InChI=1S/C16H14N4O2S/c1-10(21)18-12-3-2-11-8-20-13(9-22-15(11)6-12)7-14(19-20)16-4-5-17-23-16/h2-7H,8-9H2,1H3,(H,18,21). The Labute approximate surface area is 136 Å². The highest BCUT2D eigenvalue weighted by atomic mass is 32.1. The zero-order valence-corrected chi connectivity index (χ0v) is 13.3. The summed E-state index contributed by atoms with van der Waals surface area (Å²) in [6.07, 6.45) is 1.78. The number of benzene rings is 1. The van der Waals surface area contributed by atoms with E-state index >= 15 is 0 Å². The summed E-state index contributed by atoms with van der Waals surface area (Å²) in [5.41, 5.74) is 3.72. The normalized spacial score (nSPS) is 12.7. The second-order valence-electron chi connectivity index (χ2n) is 5.35. The highest BCUT2D eigenvalue weighted by Crippen LogP contribution is 2.30. The highest BCUT2D eigenvalue weighted by Gasteiger charge is 2.18. The Bertz CT molecular complexity index is 870. The van der Waals surface area contributed by atoms with Crippen LogP contribution in [0.25, 0.3) is 10.6 Å². The fraction of sp³-hybridized carbons (Fsp3) is 0.188. The van der Waals surface area contributed by atoms with E-state index in [9.17, 15) is 4.79 Å². The SMILES string of the molecule is CC(=O)Nc1ccc2c(c1)OCc1cc(-c3ccns3)nn1C2. The van der Waals surface area contributed by atoms with Crippen LogP contribution in [0, 0.1) is 0 Å². The van der Waals surface area contributed by atoms with Gasteiger partial charge in [-0.3, -0.25) is 9.48 Å². The molecule has 116 valence electrons. The molecule has 0 spiro atoms. The Hall–Kier alpha value is -2.67. The van der Waals surface area contributed by atoms with Crippen LogP contribution >= 0.6 is 11.5 Å². The van der Waals surface area contributed by atoms with Crippen molar-refractivity contribution in [3.8, 4) is 16.3 Å². The van der Waals surface area contributed by atoms with Crippen LogP contribution in [0.4, 0.5) is 5.69 Å². The zero-order chi connectivity index (χ0) is 15.8.